The quantitative estimate of drug-likeness (QED) is 0.267. The van der Waals surface area contributed by atoms with Gasteiger partial charge in [0.15, 0.2) is 10.6 Å². The van der Waals surface area contributed by atoms with Crippen molar-refractivity contribution in [3.63, 3.8) is 0 Å². The summed E-state index contributed by atoms with van der Waals surface area (Å²) in [5, 5.41) is 3.01. The van der Waals surface area contributed by atoms with Gasteiger partial charge in [-0.25, -0.2) is 16.8 Å². The number of ether oxygens (including phenoxy) is 1. The molecule has 1 unspecified atom stereocenters. The summed E-state index contributed by atoms with van der Waals surface area (Å²) < 4.78 is 68.2. The lowest BCUT2D eigenvalue weighted by Crippen LogP contribution is -2.60. The van der Waals surface area contributed by atoms with Gasteiger partial charge in [0.2, 0.25) is 20.0 Å². The highest BCUT2D eigenvalue weighted by molar-refractivity contribution is 7.92. The first-order chi connectivity index (χ1) is 20.2. The zero-order valence-electron chi connectivity index (χ0n) is 24.5. The molecule has 1 heterocycles. The Morgan fingerprint density at radius 1 is 1.05 bits per heavy atom. The molecule has 0 bridgehead atoms. The van der Waals surface area contributed by atoms with E-state index < -0.39 is 48.8 Å². The average molecular weight is 630 g/mol. The molecule has 1 aliphatic rings. The minimum atomic E-state index is -4.48. The molecule has 0 aliphatic heterocycles. The number of allylic oxidation sites excluding steroid dienone is 2. The minimum Gasteiger partial charge on any atom is -0.468 e. The maximum atomic E-state index is 14.0. The summed E-state index contributed by atoms with van der Waals surface area (Å²) in [5.74, 6) is -2.41. The van der Waals surface area contributed by atoms with Crippen molar-refractivity contribution in [2.24, 2.45) is 5.92 Å². The van der Waals surface area contributed by atoms with E-state index in [1.807, 2.05) is 30.3 Å². The Hall–Kier alpha value is -3.94. The van der Waals surface area contributed by atoms with Crippen molar-refractivity contribution < 1.29 is 35.6 Å². The van der Waals surface area contributed by atoms with Crippen LogP contribution in [-0.2, 0) is 29.6 Å². The predicted octanol–water partition coefficient (Wildman–Crippen LogP) is 4.09. The lowest BCUT2D eigenvalue weighted by atomic mass is 9.96. The van der Waals surface area contributed by atoms with E-state index in [-0.39, 0.29) is 29.2 Å². The summed E-state index contributed by atoms with van der Waals surface area (Å²) >= 11 is 0. The van der Waals surface area contributed by atoms with Crippen LogP contribution in [0, 0.1) is 12.8 Å². The number of esters is 1. The Morgan fingerprint density at radius 2 is 1.74 bits per heavy atom. The molecule has 2 aromatic carbocycles. The number of benzene rings is 2. The van der Waals surface area contributed by atoms with E-state index in [1.54, 1.807) is 51.1 Å². The summed E-state index contributed by atoms with van der Waals surface area (Å²) in [6.45, 7) is 6.42. The zero-order chi connectivity index (χ0) is 31.6. The SMILES string of the molecule is CCS(=O)(=O)Nc1cccc2oc(C(=O)NC3(S(=O)(=O)N[C@H](C(=O)OC)C(C)C)C=CC(c4ccccc4)=CC3)c(C)c12. The molecule has 1 aliphatic carbocycles. The normalized spacial score (nSPS) is 17.9. The van der Waals surface area contributed by atoms with Crippen LogP contribution in [0.15, 0.2) is 71.2 Å². The third kappa shape index (κ3) is 6.53. The molecule has 13 heteroatoms. The number of carbonyl (C=O) groups is 2. The largest absolute Gasteiger partial charge is 0.468 e. The number of fused-ring (bicyclic) bond motifs is 1. The average Bonchev–Trinajstić information content (AvgIpc) is 3.33. The van der Waals surface area contributed by atoms with Crippen molar-refractivity contribution in [1.29, 1.82) is 0 Å². The molecule has 0 radical (unpaired) electrons. The highest BCUT2D eigenvalue weighted by Gasteiger charge is 2.47. The number of aryl methyl sites for hydroxylation is 1. The first-order valence-corrected chi connectivity index (χ1v) is 16.8. The van der Waals surface area contributed by atoms with Gasteiger partial charge >= 0.3 is 5.97 Å². The molecule has 43 heavy (non-hydrogen) atoms. The van der Waals surface area contributed by atoms with Crippen LogP contribution in [-0.4, -0.2) is 52.5 Å². The van der Waals surface area contributed by atoms with Crippen molar-refractivity contribution in [1.82, 2.24) is 10.0 Å². The number of amides is 1. The van der Waals surface area contributed by atoms with Crippen LogP contribution >= 0.6 is 0 Å². The molecule has 2 atom stereocenters. The van der Waals surface area contributed by atoms with Crippen LogP contribution in [0.1, 0.15) is 48.9 Å². The van der Waals surface area contributed by atoms with Gasteiger partial charge < -0.3 is 14.5 Å². The number of furan rings is 1. The first-order valence-electron chi connectivity index (χ1n) is 13.6. The zero-order valence-corrected chi connectivity index (χ0v) is 26.1. The van der Waals surface area contributed by atoms with Crippen molar-refractivity contribution in [2.75, 3.05) is 17.6 Å². The van der Waals surface area contributed by atoms with Crippen LogP contribution in [0.3, 0.4) is 0 Å². The number of sulfonamides is 2. The first kappa shape index (κ1) is 32.0. The molecule has 4 rings (SSSR count). The smallest absolute Gasteiger partial charge is 0.324 e. The fraction of sp³-hybridized carbons (Fsp3) is 0.333. The van der Waals surface area contributed by atoms with Gasteiger partial charge in [0.25, 0.3) is 5.91 Å². The lowest BCUT2D eigenvalue weighted by molar-refractivity contribution is -0.143. The minimum absolute atomic E-state index is 0.158. The van der Waals surface area contributed by atoms with E-state index in [2.05, 4.69) is 14.8 Å². The van der Waals surface area contributed by atoms with E-state index in [4.69, 9.17) is 9.15 Å². The Morgan fingerprint density at radius 3 is 2.33 bits per heavy atom. The maximum absolute atomic E-state index is 14.0. The summed E-state index contributed by atoms with van der Waals surface area (Å²) in [4.78, 5) is 24.2. The Bertz CT molecular complexity index is 1810. The highest BCUT2D eigenvalue weighted by atomic mass is 32.2. The number of hydrogen-bond donors (Lipinski definition) is 3. The van der Waals surface area contributed by atoms with Gasteiger partial charge in [0.05, 0.1) is 18.6 Å². The number of rotatable bonds is 11. The second-order valence-electron chi connectivity index (χ2n) is 10.5. The molecule has 11 nitrogen and oxygen atoms in total. The molecular weight excluding hydrogens is 594 g/mol. The molecule has 1 aromatic heterocycles. The monoisotopic (exact) mass is 629 g/mol. The van der Waals surface area contributed by atoms with Gasteiger partial charge in [0, 0.05) is 17.4 Å². The Kier molecular flexibility index (Phi) is 9.19. The summed E-state index contributed by atoms with van der Waals surface area (Å²) in [6, 6.07) is 12.8. The summed E-state index contributed by atoms with van der Waals surface area (Å²) in [7, 11) is -6.95. The molecule has 0 fully saturated rings. The van der Waals surface area contributed by atoms with Gasteiger partial charge in [-0.1, -0.05) is 62.4 Å². The molecule has 3 N–H and O–H groups in total. The molecule has 0 spiro atoms. The van der Waals surface area contributed by atoms with E-state index in [0.29, 0.717) is 10.9 Å². The van der Waals surface area contributed by atoms with E-state index >= 15 is 0 Å². The number of hydrogen-bond acceptors (Lipinski definition) is 8. The van der Waals surface area contributed by atoms with Crippen LogP contribution in [0.4, 0.5) is 5.69 Å². The van der Waals surface area contributed by atoms with Crippen LogP contribution in [0.25, 0.3) is 16.5 Å². The van der Waals surface area contributed by atoms with Gasteiger partial charge in [-0.3, -0.25) is 14.3 Å². The number of methoxy groups -OCH3 is 1. The van der Waals surface area contributed by atoms with Gasteiger partial charge in [-0.2, -0.15) is 4.72 Å². The molecule has 0 saturated carbocycles. The van der Waals surface area contributed by atoms with Crippen molar-refractivity contribution in [2.45, 2.75) is 45.0 Å². The van der Waals surface area contributed by atoms with Crippen LogP contribution in [0.5, 0.6) is 0 Å². The van der Waals surface area contributed by atoms with Crippen molar-refractivity contribution in [3.05, 3.63) is 83.6 Å². The maximum Gasteiger partial charge on any atom is 0.324 e. The number of nitrogens with one attached hydrogen (secondary N) is 3. The summed E-state index contributed by atoms with van der Waals surface area (Å²) in [6.07, 6.45) is 4.51. The van der Waals surface area contributed by atoms with Gasteiger partial charge in [0.1, 0.15) is 11.6 Å². The number of anilines is 1. The Balaban J connectivity index is 1.76. The van der Waals surface area contributed by atoms with Gasteiger partial charge in [-0.15, -0.1) is 0 Å². The topological polar surface area (TPSA) is 161 Å². The highest BCUT2D eigenvalue weighted by Crippen LogP contribution is 2.35. The number of carbonyl (C=O) groups excluding carboxylic acids is 2. The standard InChI is InChI=1S/C30H35N3O8S2/c1-6-42(36,37)32-23-13-10-14-24-25(23)20(4)27(41-24)28(34)31-30(43(38,39)33-26(19(2)3)29(35)40-5)17-15-22(16-18-30)21-11-8-7-9-12-21/h7-17,19,26,32-33H,6,18H2,1-5H3,(H,31,34)/t26-,30?/m0/s1. The van der Waals surface area contributed by atoms with E-state index in [1.165, 1.54) is 13.0 Å². The second kappa shape index (κ2) is 12.3. The van der Waals surface area contributed by atoms with Crippen molar-refractivity contribution in [3.8, 4) is 0 Å². The summed E-state index contributed by atoms with van der Waals surface area (Å²) in [5.41, 5.74) is 2.40. The molecule has 1 amide bonds. The van der Waals surface area contributed by atoms with Crippen molar-refractivity contribution >= 4 is 54.2 Å². The molecule has 0 saturated heterocycles. The van der Waals surface area contributed by atoms with Gasteiger partial charge in [-0.05, 0) is 49.1 Å². The predicted molar refractivity (Wildman–Crippen MR) is 165 cm³/mol. The third-order valence-electron chi connectivity index (χ3n) is 7.28. The van der Waals surface area contributed by atoms with Crippen LogP contribution in [0.2, 0.25) is 0 Å². The Labute approximate surface area is 251 Å². The molecule has 230 valence electrons. The fourth-order valence-corrected chi connectivity index (χ4v) is 7.11. The third-order valence-corrected chi connectivity index (χ3v) is 10.5. The van der Waals surface area contributed by atoms with E-state index in [9.17, 15) is 26.4 Å². The lowest BCUT2D eigenvalue weighted by Gasteiger charge is -2.34. The van der Waals surface area contributed by atoms with Crippen LogP contribution < -0.4 is 14.8 Å². The molecular formula is C30H35N3O8S2. The fourth-order valence-electron chi connectivity index (χ4n) is 4.77. The second-order valence-corrected chi connectivity index (χ2v) is 14.5. The van der Waals surface area contributed by atoms with E-state index in [0.717, 1.165) is 18.2 Å². The molecule has 3 aromatic rings.